The normalized spacial score (nSPS) is 11.3. The van der Waals surface area contributed by atoms with E-state index in [0.717, 1.165) is 38.9 Å². The van der Waals surface area contributed by atoms with Crippen molar-refractivity contribution in [1.82, 2.24) is 4.68 Å². The minimum absolute atomic E-state index is 0.108. The highest BCUT2D eigenvalue weighted by Gasteiger charge is 2.14. The Morgan fingerprint density at radius 1 is 0.875 bits per heavy atom. The number of furan rings is 1. The number of pyridine rings is 1. The summed E-state index contributed by atoms with van der Waals surface area (Å²) in [5, 5.41) is 1.83. The predicted octanol–water partition coefficient (Wildman–Crippen LogP) is 4.55. The second-order valence-corrected chi connectivity index (χ2v) is 6.23. The molecular formula is C20H18N2O2. The van der Waals surface area contributed by atoms with Gasteiger partial charge in [-0.3, -0.25) is 10.2 Å². The van der Waals surface area contributed by atoms with Gasteiger partial charge < -0.3 is 4.42 Å². The van der Waals surface area contributed by atoms with Crippen LogP contribution in [-0.2, 0) is 0 Å². The maximum Gasteiger partial charge on any atom is 0.270 e. The molecule has 0 saturated heterocycles. The SMILES string of the molecule is Cc1ccc(Nn2c(C)c3oc4cc(C)ccc4c3cc2=O)cc1. The Morgan fingerprint density at radius 3 is 2.33 bits per heavy atom. The van der Waals surface area contributed by atoms with Crippen LogP contribution in [0, 0.1) is 20.8 Å². The van der Waals surface area contributed by atoms with Crippen LogP contribution < -0.4 is 11.0 Å². The number of rotatable bonds is 2. The van der Waals surface area contributed by atoms with Crippen molar-refractivity contribution >= 4 is 27.6 Å². The van der Waals surface area contributed by atoms with Crippen LogP contribution in [0.1, 0.15) is 16.8 Å². The first-order valence-electron chi connectivity index (χ1n) is 7.92. The summed E-state index contributed by atoms with van der Waals surface area (Å²) in [6.45, 7) is 5.95. The van der Waals surface area contributed by atoms with E-state index in [2.05, 4.69) is 5.43 Å². The van der Waals surface area contributed by atoms with Crippen molar-refractivity contribution in [2.75, 3.05) is 5.43 Å². The standard InChI is InChI=1S/C20H18N2O2/c1-12-4-7-15(8-5-12)21-22-14(3)20-17(11-19(22)23)16-9-6-13(2)10-18(16)24-20/h4-11,21H,1-3H3. The highest BCUT2D eigenvalue weighted by molar-refractivity contribution is 6.05. The summed E-state index contributed by atoms with van der Waals surface area (Å²) in [5.74, 6) is 0. The van der Waals surface area contributed by atoms with E-state index in [9.17, 15) is 4.79 Å². The van der Waals surface area contributed by atoms with Gasteiger partial charge in [-0.2, -0.15) is 0 Å². The molecule has 0 atom stereocenters. The number of nitrogens with one attached hydrogen (secondary N) is 1. The molecule has 0 amide bonds. The van der Waals surface area contributed by atoms with Gasteiger partial charge in [0.1, 0.15) is 5.58 Å². The zero-order valence-electron chi connectivity index (χ0n) is 13.9. The molecule has 2 aromatic carbocycles. The largest absolute Gasteiger partial charge is 0.454 e. The van der Waals surface area contributed by atoms with Crippen LogP contribution in [0.15, 0.2) is 57.7 Å². The Morgan fingerprint density at radius 2 is 1.58 bits per heavy atom. The molecule has 120 valence electrons. The molecule has 2 heterocycles. The number of benzene rings is 2. The van der Waals surface area contributed by atoms with Gasteiger partial charge in [-0.05, 0) is 44.5 Å². The Balaban J connectivity index is 1.91. The molecule has 0 aliphatic rings. The minimum Gasteiger partial charge on any atom is -0.454 e. The maximum absolute atomic E-state index is 12.6. The molecule has 4 nitrogen and oxygen atoms in total. The van der Waals surface area contributed by atoms with E-state index >= 15 is 0 Å². The Hall–Kier alpha value is -3.01. The van der Waals surface area contributed by atoms with E-state index in [1.807, 2.05) is 63.2 Å². The van der Waals surface area contributed by atoms with Crippen LogP contribution in [0.4, 0.5) is 5.69 Å². The van der Waals surface area contributed by atoms with Gasteiger partial charge in [0.05, 0.1) is 11.4 Å². The average Bonchev–Trinajstić information content (AvgIpc) is 2.91. The Bertz CT molecular complexity index is 1120. The number of hydrogen-bond acceptors (Lipinski definition) is 3. The molecule has 0 unspecified atom stereocenters. The highest BCUT2D eigenvalue weighted by Crippen LogP contribution is 2.30. The van der Waals surface area contributed by atoms with Crippen molar-refractivity contribution < 1.29 is 4.42 Å². The number of nitrogens with zero attached hydrogens (tertiary/aromatic N) is 1. The molecule has 0 bridgehead atoms. The lowest BCUT2D eigenvalue weighted by molar-refractivity contribution is 0.655. The van der Waals surface area contributed by atoms with Gasteiger partial charge in [0.2, 0.25) is 0 Å². The molecule has 4 rings (SSSR count). The fourth-order valence-electron chi connectivity index (χ4n) is 2.99. The molecule has 2 aromatic heterocycles. The van der Waals surface area contributed by atoms with Crippen molar-refractivity contribution in [3.8, 4) is 0 Å². The van der Waals surface area contributed by atoms with Crippen LogP contribution >= 0.6 is 0 Å². The zero-order chi connectivity index (χ0) is 16.8. The van der Waals surface area contributed by atoms with Gasteiger partial charge in [-0.15, -0.1) is 0 Å². The number of fused-ring (bicyclic) bond motifs is 3. The molecule has 0 aliphatic heterocycles. The number of hydrogen-bond donors (Lipinski definition) is 1. The lowest BCUT2D eigenvalue weighted by Gasteiger charge is -2.12. The van der Waals surface area contributed by atoms with Crippen LogP contribution in [0.3, 0.4) is 0 Å². The molecule has 0 aliphatic carbocycles. The van der Waals surface area contributed by atoms with Gasteiger partial charge in [0.15, 0.2) is 5.58 Å². The van der Waals surface area contributed by atoms with Gasteiger partial charge in [-0.1, -0.05) is 29.8 Å². The third-order valence-corrected chi connectivity index (χ3v) is 4.33. The van der Waals surface area contributed by atoms with Gasteiger partial charge in [0.25, 0.3) is 5.56 Å². The second-order valence-electron chi connectivity index (χ2n) is 6.23. The summed E-state index contributed by atoms with van der Waals surface area (Å²) in [4.78, 5) is 12.6. The molecule has 4 aromatic rings. The van der Waals surface area contributed by atoms with E-state index < -0.39 is 0 Å². The minimum atomic E-state index is -0.108. The van der Waals surface area contributed by atoms with E-state index in [1.54, 1.807) is 6.07 Å². The smallest absolute Gasteiger partial charge is 0.270 e. The first-order chi connectivity index (χ1) is 11.5. The lowest BCUT2D eigenvalue weighted by atomic mass is 10.1. The summed E-state index contributed by atoms with van der Waals surface area (Å²) in [6.07, 6.45) is 0. The summed E-state index contributed by atoms with van der Waals surface area (Å²) in [7, 11) is 0. The van der Waals surface area contributed by atoms with Crippen LogP contribution in [0.2, 0.25) is 0 Å². The van der Waals surface area contributed by atoms with Gasteiger partial charge in [-0.25, -0.2) is 4.68 Å². The van der Waals surface area contributed by atoms with Gasteiger partial charge >= 0.3 is 0 Å². The molecule has 0 fully saturated rings. The quantitative estimate of drug-likeness (QED) is 0.590. The van der Waals surface area contributed by atoms with Crippen molar-refractivity contribution in [2.45, 2.75) is 20.8 Å². The van der Waals surface area contributed by atoms with Crippen molar-refractivity contribution in [3.05, 3.63) is 75.7 Å². The van der Waals surface area contributed by atoms with Crippen molar-refractivity contribution in [3.63, 3.8) is 0 Å². The fraction of sp³-hybridized carbons (Fsp3) is 0.150. The van der Waals surface area contributed by atoms with Crippen LogP contribution in [-0.4, -0.2) is 4.68 Å². The molecule has 0 radical (unpaired) electrons. The fourth-order valence-corrected chi connectivity index (χ4v) is 2.99. The van der Waals surface area contributed by atoms with Crippen LogP contribution in [0.25, 0.3) is 21.9 Å². The molecule has 0 saturated carbocycles. The first kappa shape index (κ1) is 14.6. The van der Waals surface area contributed by atoms with Crippen LogP contribution in [0.5, 0.6) is 0 Å². The average molecular weight is 318 g/mol. The summed E-state index contributed by atoms with van der Waals surface area (Å²) in [6, 6.07) is 15.6. The maximum atomic E-state index is 12.6. The van der Waals surface area contributed by atoms with Crippen molar-refractivity contribution in [2.24, 2.45) is 0 Å². The Kier molecular flexibility index (Phi) is 3.20. The second kappa shape index (κ2) is 5.27. The van der Waals surface area contributed by atoms with E-state index in [-0.39, 0.29) is 5.56 Å². The van der Waals surface area contributed by atoms with E-state index in [4.69, 9.17) is 4.42 Å². The van der Waals surface area contributed by atoms with Crippen molar-refractivity contribution in [1.29, 1.82) is 0 Å². The third-order valence-electron chi connectivity index (χ3n) is 4.33. The molecule has 0 spiro atoms. The van der Waals surface area contributed by atoms with Gasteiger partial charge in [0, 0.05) is 16.8 Å². The molecule has 24 heavy (non-hydrogen) atoms. The van der Waals surface area contributed by atoms with E-state index in [1.165, 1.54) is 10.2 Å². The number of anilines is 1. The third kappa shape index (κ3) is 2.27. The zero-order valence-corrected chi connectivity index (χ0v) is 13.9. The highest BCUT2D eigenvalue weighted by atomic mass is 16.3. The molecule has 4 heteroatoms. The molecule has 1 N–H and O–H groups in total. The summed E-state index contributed by atoms with van der Waals surface area (Å²) < 4.78 is 7.55. The first-order valence-corrected chi connectivity index (χ1v) is 7.92. The summed E-state index contributed by atoms with van der Waals surface area (Å²) >= 11 is 0. The Labute approximate surface area is 139 Å². The number of aromatic nitrogens is 1. The molecular weight excluding hydrogens is 300 g/mol. The lowest BCUT2D eigenvalue weighted by Crippen LogP contribution is -2.27. The topological polar surface area (TPSA) is 47.2 Å². The summed E-state index contributed by atoms with van der Waals surface area (Å²) in [5.41, 5.74) is 8.51. The monoisotopic (exact) mass is 318 g/mol. The number of aryl methyl sites for hydroxylation is 3. The predicted molar refractivity (Wildman–Crippen MR) is 97.7 cm³/mol. The van der Waals surface area contributed by atoms with E-state index in [0.29, 0.717) is 0 Å².